The van der Waals surface area contributed by atoms with E-state index < -0.39 is 0 Å². The molecule has 0 fully saturated rings. The molecule has 0 aliphatic carbocycles. The Morgan fingerprint density at radius 2 is 1.70 bits per heavy atom. The van der Waals surface area contributed by atoms with Crippen LogP contribution in [0, 0.1) is 6.92 Å². The molecule has 5 aromatic rings. The number of anilines is 2. The third-order valence-electron chi connectivity index (χ3n) is 4.65. The van der Waals surface area contributed by atoms with Gasteiger partial charge in [0.1, 0.15) is 12.1 Å². The number of aromatic nitrogens is 4. The zero-order valence-corrected chi connectivity index (χ0v) is 14.8. The Morgan fingerprint density at radius 3 is 2.63 bits per heavy atom. The Hall–Kier alpha value is -3.73. The van der Waals surface area contributed by atoms with Crippen molar-refractivity contribution in [1.82, 2.24) is 19.7 Å². The Bertz CT molecular complexity index is 1270. The summed E-state index contributed by atoms with van der Waals surface area (Å²) in [7, 11) is 0. The van der Waals surface area contributed by atoms with E-state index in [4.69, 9.17) is 0 Å². The van der Waals surface area contributed by atoms with Gasteiger partial charge in [-0.1, -0.05) is 48.5 Å². The van der Waals surface area contributed by atoms with Crippen LogP contribution in [-0.4, -0.2) is 19.7 Å². The van der Waals surface area contributed by atoms with Crippen molar-refractivity contribution in [3.05, 3.63) is 84.8 Å². The molecule has 130 valence electrons. The lowest BCUT2D eigenvalue weighted by Gasteiger charge is -2.10. The fourth-order valence-corrected chi connectivity index (χ4v) is 3.35. The van der Waals surface area contributed by atoms with Gasteiger partial charge < -0.3 is 5.32 Å². The van der Waals surface area contributed by atoms with E-state index in [1.165, 1.54) is 10.9 Å². The van der Waals surface area contributed by atoms with Gasteiger partial charge in [-0.15, -0.1) is 0 Å². The summed E-state index contributed by atoms with van der Waals surface area (Å²) in [6.45, 7) is 2.07. The molecule has 2 heterocycles. The first-order valence-corrected chi connectivity index (χ1v) is 8.80. The number of fused-ring (bicyclic) bond motifs is 2. The smallest absolute Gasteiger partial charge is 0.168 e. The van der Waals surface area contributed by atoms with Gasteiger partial charge in [0.25, 0.3) is 0 Å². The predicted octanol–water partition coefficient (Wildman–Crippen LogP) is 5.02. The molecule has 0 aliphatic rings. The average Bonchev–Trinajstić information content (AvgIpc) is 3.13. The molecule has 0 unspecified atom stereocenters. The number of nitrogens with one attached hydrogen (secondary N) is 1. The fraction of sp³-hybridized carbons (Fsp3) is 0.0455. The van der Waals surface area contributed by atoms with Crippen molar-refractivity contribution in [2.45, 2.75) is 6.92 Å². The number of nitrogens with zero attached hydrogens (tertiary/aromatic N) is 4. The van der Waals surface area contributed by atoms with Crippen LogP contribution in [-0.2, 0) is 0 Å². The highest BCUT2D eigenvalue weighted by atomic mass is 15.3. The second-order valence-corrected chi connectivity index (χ2v) is 6.51. The lowest BCUT2D eigenvalue weighted by atomic mass is 10.1. The lowest BCUT2D eigenvalue weighted by Crippen LogP contribution is -2.00. The van der Waals surface area contributed by atoms with Gasteiger partial charge in [0.05, 0.1) is 17.3 Å². The van der Waals surface area contributed by atoms with E-state index in [1.807, 2.05) is 41.2 Å². The normalized spacial score (nSPS) is 11.1. The van der Waals surface area contributed by atoms with Gasteiger partial charge in [-0.05, 0) is 36.1 Å². The largest absolute Gasteiger partial charge is 0.339 e. The standard InChI is InChI=1S/C22H17N5/c1-15-6-4-9-17(12-15)27-22-19(13-25-27)21(23-14-24-22)26-20-11-5-8-16-7-2-3-10-18(16)20/h2-14H,1H3,(H,23,24,26). The quantitative estimate of drug-likeness (QED) is 0.496. The summed E-state index contributed by atoms with van der Waals surface area (Å²) in [4.78, 5) is 8.92. The summed E-state index contributed by atoms with van der Waals surface area (Å²) in [6.07, 6.45) is 3.38. The van der Waals surface area contributed by atoms with Crippen LogP contribution in [0.4, 0.5) is 11.5 Å². The van der Waals surface area contributed by atoms with Crippen LogP contribution in [0.3, 0.4) is 0 Å². The summed E-state index contributed by atoms with van der Waals surface area (Å²) >= 11 is 0. The molecule has 3 aromatic carbocycles. The Morgan fingerprint density at radius 1 is 0.852 bits per heavy atom. The molecule has 0 amide bonds. The van der Waals surface area contributed by atoms with Crippen molar-refractivity contribution < 1.29 is 0 Å². The molecule has 1 N–H and O–H groups in total. The number of benzene rings is 3. The summed E-state index contributed by atoms with van der Waals surface area (Å²) < 4.78 is 1.85. The maximum atomic E-state index is 4.55. The highest BCUT2D eigenvalue weighted by molar-refractivity contribution is 5.98. The molecule has 5 heteroatoms. The number of aryl methyl sites for hydroxylation is 1. The number of rotatable bonds is 3. The van der Waals surface area contributed by atoms with Gasteiger partial charge in [0.15, 0.2) is 5.65 Å². The predicted molar refractivity (Wildman–Crippen MR) is 109 cm³/mol. The molecule has 0 spiro atoms. The zero-order chi connectivity index (χ0) is 18.2. The monoisotopic (exact) mass is 351 g/mol. The minimum atomic E-state index is 0.746. The molecule has 0 bridgehead atoms. The minimum absolute atomic E-state index is 0.746. The molecule has 5 nitrogen and oxygen atoms in total. The second-order valence-electron chi connectivity index (χ2n) is 6.51. The Labute approximate surface area is 156 Å². The Balaban J connectivity index is 1.62. The molecular weight excluding hydrogens is 334 g/mol. The van der Waals surface area contributed by atoms with E-state index in [0.29, 0.717) is 0 Å². The molecule has 0 radical (unpaired) electrons. The van der Waals surface area contributed by atoms with Gasteiger partial charge in [0.2, 0.25) is 0 Å². The van der Waals surface area contributed by atoms with Gasteiger partial charge >= 0.3 is 0 Å². The first-order valence-electron chi connectivity index (χ1n) is 8.80. The first-order chi connectivity index (χ1) is 13.3. The third-order valence-corrected chi connectivity index (χ3v) is 4.65. The van der Waals surface area contributed by atoms with Gasteiger partial charge in [-0.25, -0.2) is 14.6 Å². The van der Waals surface area contributed by atoms with Crippen molar-refractivity contribution in [3.8, 4) is 5.69 Å². The summed E-state index contributed by atoms with van der Waals surface area (Å²) in [5.41, 5.74) is 3.95. The third kappa shape index (κ3) is 2.69. The van der Waals surface area contributed by atoms with Gasteiger partial charge in [0, 0.05) is 11.1 Å². The molecule has 0 saturated heterocycles. The van der Waals surface area contributed by atoms with Crippen molar-refractivity contribution >= 4 is 33.3 Å². The molecule has 0 atom stereocenters. The minimum Gasteiger partial charge on any atom is -0.339 e. The summed E-state index contributed by atoms with van der Waals surface area (Å²) in [5.74, 6) is 0.746. The SMILES string of the molecule is Cc1cccc(-n2ncc3c(Nc4cccc5ccccc45)ncnc32)c1. The van der Waals surface area contributed by atoms with E-state index in [2.05, 4.69) is 63.7 Å². The maximum Gasteiger partial charge on any atom is 0.168 e. The molecule has 0 aliphatic heterocycles. The van der Waals surface area contributed by atoms with Gasteiger partial charge in [-0.3, -0.25) is 0 Å². The van der Waals surface area contributed by atoms with Crippen molar-refractivity contribution in [2.75, 3.05) is 5.32 Å². The Kier molecular flexibility index (Phi) is 3.57. The first kappa shape index (κ1) is 15.5. The number of hydrogen-bond donors (Lipinski definition) is 1. The molecule has 5 rings (SSSR count). The van der Waals surface area contributed by atoms with E-state index in [-0.39, 0.29) is 0 Å². The topological polar surface area (TPSA) is 55.6 Å². The molecule has 2 aromatic heterocycles. The van der Waals surface area contributed by atoms with Crippen LogP contribution in [0.15, 0.2) is 79.3 Å². The van der Waals surface area contributed by atoms with Crippen LogP contribution in [0.1, 0.15) is 5.56 Å². The highest BCUT2D eigenvalue weighted by Gasteiger charge is 2.12. The second kappa shape index (κ2) is 6.21. The highest BCUT2D eigenvalue weighted by Crippen LogP contribution is 2.29. The van der Waals surface area contributed by atoms with E-state index >= 15 is 0 Å². The van der Waals surface area contributed by atoms with Crippen molar-refractivity contribution in [3.63, 3.8) is 0 Å². The average molecular weight is 351 g/mol. The lowest BCUT2D eigenvalue weighted by molar-refractivity contribution is 0.894. The van der Waals surface area contributed by atoms with E-state index in [9.17, 15) is 0 Å². The number of hydrogen-bond acceptors (Lipinski definition) is 4. The van der Waals surface area contributed by atoms with Gasteiger partial charge in [-0.2, -0.15) is 5.10 Å². The van der Waals surface area contributed by atoms with Crippen LogP contribution in [0.25, 0.3) is 27.5 Å². The van der Waals surface area contributed by atoms with E-state index in [1.54, 1.807) is 6.33 Å². The zero-order valence-electron chi connectivity index (χ0n) is 14.8. The maximum absolute atomic E-state index is 4.55. The summed E-state index contributed by atoms with van der Waals surface area (Å²) in [6, 6.07) is 22.7. The van der Waals surface area contributed by atoms with Crippen LogP contribution >= 0.6 is 0 Å². The van der Waals surface area contributed by atoms with Crippen LogP contribution in [0.5, 0.6) is 0 Å². The molecular formula is C22H17N5. The summed E-state index contributed by atoms with van der Waals surface area (Å²) in [5, 5.41) is 11.2. The van der Waals surface area contributed by atoms with E-state index in [0.717, 1.165) is 33.6 Å². The molecule has 27 heavy (non-hydrogen) atoms. The fourth-order valence-electron chi connectivity index (χ4n) is 3.35. The van der Waals surface area contributed by atoms with Crippen LogP contribution in [0.2, 0.25) is 0 Å². The molecule has 0 saturated carbocycles. The van der Waals surface area contributed by atoms with Crippen molar-refractivity contribution in [2.24, 2.45) is 0 Å². The van der Waals surface area contributed by atoms with Crippen molar-refractivity contribution in [1.29, 1.82) is 0 Å². The van der Waals surface area contributed by atoms with Crippen LogP contribution < -0.4 is 5.32 Å².